The lowest BCUT2D eigenvalue weighted by Gasteiger charge is -2.22. The predicted octanol–water partition coefficient (Wildman–Crippen LogP) is 2.27. The van der Waals surface area contributed by atoms with Crippen LogP contribution in [0.4, 0.5) is 11.4 Å². The highest BCUT2D eigenvalue weighted by molar-refractivity contribution is 7.74. The zero-order valence-electron chi connectivity index (χ0n) is 11.2. The summed E-state index contributed by atoms with van der Waals surface area (Å²) in [7, 11) is 0. The molecule has 0 amide bonds. The van der Waals surface area contributed by atoms with E-state index in [9.17, 15) is 18.9 Å². The van der Waals surface area contributed by atoms with Gasteiger partial charge in [-0.25, -0.2) is 4.21 Å². The number of anilines is 1. The van der Waals surface area contributed by atoms with Crippen molar-refractivity contribution in [2.45, 2.75) is 19.4 Å². The largest absolute Gasteiger partial charge is 0.750 e. The first-order valence-corrected chi connectivity index (χ1v) is 7.71. The van der Waals surface area contributed by atoms with Gasteiger partial charge in [-0.1, -0.05) is 11.6 Å². The van der Waals surface area contributed by atoms with Gasteiger partial charge in [0.1, 0.15) is 5.69 Å². The number of nitro benzene ring substituents is 1. The van der Waals surface area contributed by atoms with Crippen molar-refractivity contribution in [2.75, 3.05) is 18.0 Å². The van der Waals surface area contributed by atoms with Gasteiger partial charge in [-0.15, -0.1) is 0 Å². The van der Waals surface area contributed by atoms with E-state index in [-0.39, 0.29) is 11.6 Å². The van der Waals surface area contributed by atoms with Gasteiger partial charge >= 0.3 is 0 Å². The number of benzene rings is 1. The molecule has 1 aliphatic heterocycles. The van der Waals surface area contributed by atoms with Gasteiger partial charge in [0, 0.05) is 30.1 Å². The number of hydrogen-bond donors (Lipinski definition) is 0. The molecule has 0 radical (unpaired) electrons. The Hall–Kier alpha value is -1.22. The maximum Gasteiger partial charge on any atom is 0.294 e. The van der Waals surface area contributed by atoms with E-state index >= 15 is 0 Å². The molecule has 0 N–H and O–H groups in total. The zero-order valence-corrected chi connectivity index (χ0v) is 12.8. The van der Waals surface area contributed by atoms with E-state index in [1.165, 1.54) is 6.07 Å². The molecule has 21 heavy (non-hydrogen) atoms. The first-order chi connectivity index (χ1) is 9.88. The van der Waals surface area contributed by atoms with Crippen LogP contribution in [0.15, 0.2) is 18.2 Å². The monoisotopic (exact) mass is 333 g/mol. The Morgan fingerprint density at radius 1 is 1.57 bits per heavy atom. The second kappa shape index (κ2) is 6.69. The Balaban J connectivity index is 2.14. The van der Waals surface area contributed by atoms with Crippen molar-refractivity contribution in [1.29, 1.82) is 0 Å². The summed E-state index contributed by atoms with van der Waals surface area (Å²) < 4.78 is 25.9. The summed E-state index contributed by atoms with van der Waals surface area (Å²) in [5.74, 6) is -0.00168. The summed E-state index contributed by atoms with van der Waals surface area (Å²) in [6.45, 7) is 2.79. The minimum absolute atomic E-state index is 0.00168. The van der Waals surface area contributed by atoms with Crippen molar-refractivity contribution < 1.29 is 17.9 Å². The lowest BCUT2D eigenvalue weighted by atomic mass is 10.0. The Bertz CT molecular complexity index is 571. The molecule has 1 aromatic carbocycles. The molecule has 1 aliphatic rings. The van der Waals surface area contributed by atoms with E-state index in [2.05, 4.69) is 0 Å². The molecule has 3 atom stereocenters. The molecule has 116 valence electrons. The molecule has 2 rings (SSSR count). The lowest BCUT2D eigenvalue weighted by molar-refractivity contribution is -0.384. The molecule has 7 nitrogen and oxygen atoms in total. The summed E-state index contributed by atoms with van der Waals surface area (Å²) in [5.41, 5.74) is 0.437. The highest BCUT2D eigenvalue weighted by Gasteiger charge is 2.31. The number of hydrogen-bond acceptors (Lipinski definition) is 6. The fourth-order valence-corrected chi connectivity index (χ4v) is 3.07. The van der Waals surface area contributed by atoms with Crippen LogP contribution in [-0.4, -0.2) is 32.9 Å². The Labute approximate surface area is 129 Å². The summed E-state index contributed by atoms with van der Waals surface area (Å²) in [6.07, 6.45) is 0.248. The van der Waals surface area contributed by atoms with Crippen molar-refractivity contribution in [2.24, 2.45) is 5.92 Å². The van der Waals surface area contributed by atoms with Crippen LogP contribution in [-0.2, 0) is 15.5 Å². The summed E-state index contributed by atoms with van der Waals surface area (Å²) in [5, 5.41) is 11.4. The number of rotatable bonds is 5. The van der Waals surface area contributed by atoms with Gasteiger partial charge in [0.05, 0.1) is 22.4 Å². The first kappa shape index (κ1) is 16.2. The van der Waals surface area contributed by atoms with E-state index in [1.807, 2.05) is 4.90 Å². The van der Waals surface area contributed by atoms with Crippen LogP contribution in [0.1, 0.15) is 13.3 Å². The summed E-state index contributed by atoms with van der Waals surface area (Å²) in [6, 6.07) is 4.53. The van der Waals surface area contributed by atoms with Gasteiger partial charge in [0.15, 0.2) is 0 Å². The Kier molecular flexibility index (Phi) is 5.15. The van der Waals surface area contributed by atoms with Crippen LogP contribution in [0.2, 0.25) is 5.02 Å². The molecule has 1 saturated heterocycles. The minimum Gasteiger partial charge on any atom is -0.750 e. The van der Waals surface area contributed by atoms with Crippen molar-refractivity contribution in [1.82, 2.24) is 0 Å². The van der Waals surface area contributed by atoms with Crippen molar-refractivity contribution in [3.63, 3.8) is 0 Å². The van der Waals surface area contributed by atoms with Crippen molar-refractivity contribution in [3.8, 4) is 0 Å². The predicted molar refractivity (Wildman–Crippen MR) is 77.9 cm³/mol. The highest BCUT2D eigenvalue weighted by atomic mass is 35.5. The van der Waals surface area contributed by atoms with Crippen LogP contribution in [0.3, 0.4) is 0 Å². The maximum atomic E-state index is 11.1. The van der Waals surface area contributed by atoms with E-state index < -0.39 is 22.4 Å². The number of halogens is 1. The van der Waals surface area contributed by atoms with E-state index in [0.717, 1.165) is 0 Å². The van der Waals surface area contributed by atoms with E-state index in [1.54, 1.807) is 19.1 Å². The van der Waals surface area contributed by atoms with E-state index in [4.69, 9.17) is 15.8 Å². The normalized spacial score (nSPS) is 21.3. The maximum absolute atomic E-state index is 11.1. The zero-order chi connectivity index (χ0) is 15.6. The third kappa shape index (κ3) is 3.91. The third-order valence-corrected chi connectivity index (χ3v) is 4.29. The molecule has 0 aliphatic carbocycles. The molecular weight excluding hydrogens is 320 g/mol. The molecule has 1 heterocycles. The molecule has 1 aromatic rings. The molecular formula is C12H14ClN2O5S-. The topological polar surface area (TPSA) is 95.7 Å². The van der Waals surface area contributed by atoms with E-state index in [0.29, 0.717) is 30.2 Å². The van der Waals surface area contributed by atoms with Gasteiger partial charge < -0.3 is 9.45 Å². The third-order valence-electron chi connectivity index (χ3n) is 3.59. The first-order valence-electron chi connectivity index (χ1n) is 6.33. The van der Waals surface area contributed by atoms with Crippen molar-refractivity contribution >= 4 is 34.3 Å². The number of nitrogens with zero attached hydrogens (tertiary/aromatic N) is 2. The molecule has 9 heteroatoms. The average molecular weight is 334 g/mol. The second-order valence-corrected chi connectivity index (χ2v) is 5.93. The lowest BCUT2D eigenvalue weighted by Crippen LogP contribution is -2.26. The van der Waals surface area contributed by atoms with Gasteiger partial charge in [0.25, 0.3) is 5.69 Å². The standard InChI is InChI=1S/C12H15ClN2O5S/c1-8(20-21(18)19)9-4-5-14(7-9)11-3-2-10(13)6-12(11)15(16)17/h2-3,6,8-9H,4-5,7H2,1H3,(H,18,19)/p-1. The molecule has 0 aromatic heterocycles. The van der Waals surface area contributed by atoms with Crippen molar-refractivity contribution in [3.05, 3.63) is 33.3 Å². The van der Waals surface area contributed by atoms with Gasteiger partial charge in [-0.3, -0.25) is 14.3 Å². The second-order valence-electron chi connectivity index (χ2n) is 4.89. The molecule has 3 unspecified atom stereocenters. The van der Waals surface area contributed by atoms with Crippen LogP contribution in [0, 0.1) is 16.0 Å². The molecule has 0 spiro atoms. The van der Waals surface area contributed by atoms with Crippen LogP contribution in [0.25, 0.3) is 0 Å². The highest BCUT2D eigenvalue weighted by Crippen LogP contribution is 2.35. The van der Waals surface area contributed by atoms with Crippen LogP contribution < -0.4 is 4.90 Å². The Morgan fingerprint density at radius 3 is 2.90 bits per heavy atom. The fourth-order valence-electron chi connectivity index (χ4n) is 2.50. The van der Waals surface area contributed by atoms with Gasteiger partial charge in [-0.05, 0) is 25.5 Å². The molecule has 0 saturated carbocycles. The molecule has 1 fully saturated rings. The smallest absolute Gasteiger partial charge is 0.294 e. The number of nitro groups is 1. The van der Waals surface area contributed by atoms with Gasteiger partial charge in [0.2, 0.25) is 0 Å². The SMILES string of the molecule is CC(OS(=O)[O-])C1CCN(c2ccc(Cl)cc2[N+](=O)[O-])C1. The van der Waals surface area contributed by atoms with Crippen LogP contribution >= 0.6 is 11.6 Å². The minimum atomic E-state index is -2.56. The van der Waals surface area contributed by atoms with Crippen LogP contribution in [0.5, 0.6) is 0 Å². The molecule has 0 bridgehead atoms. The summed E-state index contributed by atoms with van der Waals surface area (Å²) in [4.78, 5) is 12.5. The summed E-state index contributed by atoms with van der Waals surface area (Å²) >= 11 is 3.24. The fraction of sp³-hybridized carbons (Fsp3) is 0.500. The Morgan fingerprint density at radius 2 is 2.29 bits per heavy atom. The van der Waals surface area contributed by atoms with Gasteiger partial charge in [-0.2, -0.15) is 0 Å². The average Bonchev–Trinajstić information content (AvgIpc) is 2.87. The quantitative estimate of drug-likeness (QED) is 0.466.